The van der Waals surface area contributed by atoms with Crippen LogP contribution in [0.25, 0.3) is 6.08 Å². The summed E-state index contributed by atoms with van der Waals surface area (Å²) < 4.78 is 0. The van der Waals surface area contributed by atoms with Gasteiger partial charge in [0.2, 0.25) is 0 Å². The molecule has 3 nitrogen and oxygen atoms in total. The Balaban J connectivity index is 1.72. The van der Waals surface area contributed by atoms with Gasteiger partial charge in [-0.3, -0.25) is 9.69 Å². The third-order valence-electron chi connectivity index (χ3n) is 5.01. The van der Waals surface area contributed by atoms with Crippen LogP contribution < -0.4 is 4.90 Å². The van der Waals surface area contributed by atoms with E-state index in [9.17, 15) is 4.79 Å². The average molecular weight is 380 g/mol. The van der Waals surface area contributed by atoms with Gasteiger partial charge in [0.15, 0.2) is 0 Å². The first-order valence-electron chi connectivity index (χ1n) is 10.1. The minimum atomic E-state index is -0.103. The van der Waals surface area contributed by atoms with Gasteiger partial charge in [-0.25, -0.2) is 4.99 Å². The monoisotopic (exact) mass is 380 g/mol. The standard InChI is InChI=1S/C26H24N2O/c1-2-3-10-20-15-17-23(18-16-20)28-25(22-13-8-5-9-14-22)27-24(26(28)29)19-21-11-6-4-7-12-21/h4-9,11-19H,2-3,10H2,1H3/b24-19+. The van der Waals surface area contributed by atoms with Crippen molar-refractivity contribution in [1.29, 1.82) is 0 Å². The molecule has 0 saturated heterocycles. The first-order valence-corrected chi connectivity index (χ1v) is 10.1. The molecule has 3 heteroatoms. The Bertz CT molecular complexity index is 1040. The van der Waals surface area contributed by atoms with Crippen LogP contribution >= 0.6 is 0 Å². The van der Waals surface area contributed by atoms with Crippen LogP contribution in [0.5, 0.6) is 0 Å². The van der Waals surface area contributed by atoms with Crippen molar-refractivity contribution in [3.8, 4) is 0 Å². The molecule has 0 fully saturated rings. The number of unbranched alkanes of at least 4 members (excludes halogenated alkanes) is 1. The molecule has 1 aliphatic rings. The molecular formula is C26H24N2O. The number of amidine groups is 1. The van der Waals surface area contributed by atoms with Crippen LogP contribution in [0.15, 0.2) is 95.6 Å². The Morgan fingerprint density at radius 1 is 0.862 bits per heavy atom. The fourth-order valence-electron chi connectivity index (χ4n) is 3.44. The summed E-state index contributed by atoms with van der Waals surface area (Å²) >= 11 is 0. The van der Waals surface area contributed by atoms with Gasteiger partial charge in [-0.1, -0.05) is 86.1 Å². The molecule has 0 aromatic heterocycles. The molecule has 4 rings (SSSR count). The quantitative estimate of drug-likeness (QED) is 0.493. The Morgan fingerprint density at radius 2 is 1.52 bits per heavy atom. The van der Waals surface area contributed by atoms with Crippen molar-refractivity contribution < 1.29 is 4.79 Å². The van der Waals surface area contributed by atoms with Gasteiger partial charge in [0.25, 0.3) is 5.91 Å². The highest BCUT2D eigenvalue weighted by molar-refractivity contribution is 6.33. The highest BCUT2D eigenvalue weighted by atomic mass is 16.2. The van der Waals surface area contributed by atoms with Crippen LogP contribution in [0.3, 0.4) is 0 Å². The second-order valence-corrected chi connectivity index (χ2v) is 7.15. The number of benzene rings is 3. The number of hydrogen-bond donors (Lipinski definition) is 0. The zero-order valence-electron chi connectivity index (χ0n) is 16.6. The van der Waals surface area contributed by atoms with Gasteiger partial charge in [0.1, 0.15) is 11.5 Å². The number of amides is 1. The summed E-state index contributed by atoms with van der Waals surface area (Å²) in [5.41, 5.74) is 4.47. The lowest BCUT2D eigenvalue weighted by Gasteiger charge is -2.19. The van der Waals surface area contributed by atoms with Gasteiger partial charge < -0.3 is 0 Å². The Labute approximate surface area is 172 Å². The maximum Gasteiger partial charge on any atom is 0.282 e. The van der Waals surface area contributed by atoms with Crippen molar-refractivity contribution in [3.05, 3.63) is 107 Å². The van der Waals surface area contributed by atoms with E-state index in [2.05, 4.69) is 19.1 Å². The lowest BCUT2D eigenvalue weighted by atomic mass is 10.1. The molecule has 3 aromatic carbocycles. The molecule has 0 saturated carbocycles. The van der Waals surface area contributed by atoms with Crippen molar-refractivity contribution >= 4 is 23.5 Å². The predicted octanol–water partition coefficient (Wildman–Crippen LogP) is 5.86. The summed E-state index contributed by atoms with van der Waals surface area (Å²) in [4.78, 5) is 19.7. The van der Waals surface area contributed by atoms with E-state index in [1.54, 1.807) is 4.90 Å². The second-order valence-electron chi connectivity index (χ2n) is 7.15. The second kappa shape index (κ2) is 8.70. The molecule has 1 amide bonds. The molecule has 1 aliphatic heterocycles. The Morgan fingerprint density at radius 3 is 2.17 bits per heavy atom. The number of aryl methyl sites for hydroxylation is 1. The largest absolute Gasteiger partial charge is 0.282 e. The Hall–Kier alpha value is -3.46. The Kier molecular flexibility index (Phi) is 5.66. The van der Waals surface area contributed by atoms with Crippen molar-refractivity contribution in [2.75, 3.05) is 4.90 Å². The molecule has 144 valence electrons. The number of rotatable bonds is 6. The van der Waals surface area contributed by atoms with E-state index < -0.39 is 0 Å². The van der Waals surface area contributed by atoms with Crippen molar-refractivity contribution in [1.82, 2.24) is 0 Å². The van der Waals surface area contributed by atoms with E-state index >= 15 is 0 Å². The van der Waals surface area contributed by atoms with Crippen LogP contribution in [0.2, 0.25) is 0 Å². The molecule has 29 heavy (non-hydrogen) atoms. The number of nitrogens with zero attached hydrogens (tertiary/aromatic N) is 2. The molecule has 0 spiro atoms. The fourth-order valence-corrected chi connectivity index (χ4v) is 3.44. The summed E-state index contributed by atoms with van der Waals surface area (Å²) in [5, 5.41) is 0. The molecule has 0 atom stereocenters. The molecule has 0 radical (unpaired) electrons. The molecule has 0 unspecified atom stereocenters. The van der Waals surface area contributed by atoms with Crippen molar-refractivity contribution in [3.63, 3.8) is 0 Å². The summed E-state index contributed by atoms with van der Waals surface area (Å²) in [6.07, 6.45) is 5.25. The summed E-state index contributed by atoms with van der Waals surface area (Å²) in [7, 11) is 0. The molecule has 1 heterocycles. The van der Waals surface area contributed by atoms with Crippen molar-refractivity contribution in [2.45, 2.75) is 26.2 Å². The van der Waals surface area contributed by atoms with Crippen LogP contribution in [0.4, 0.5) is 5.69 Å². The number of hydrogen-bond acceptors (Lipinski definition) is 2. The van der Waals surface area contributed by atoms with E-state index in [1.165, 1.54) is 18.4 Å². The van der Waals surface area contributed by atoms with Crippen LogP contribution in [-0.4, -0.2) is 11.7 Å². The van der Waals surface area contributed by atoms with Gasteiger partial charge in [0.05, 0.1) is 5.69 Å². The third kappa shape index (κ3) is 4.19. The van der Waals surface area contributed by atoms with Crippen LogP contribution in [-0.2, 0) is 11.2 Å². The van der Waals surface area contributed by atoms with Crippen LogP contribution in [0.1, 0.15) is 36.5 Å². The summed E-state index contributed by atoms with van der Waals surface area (Å²) in [6, 6.07) is 28.0. The smallest absolute Gasteiger partial charge is 0.266 e. The van der Waals surface area contributed by atoms with E-state index in [0.717, 1.165) is 23.2 Å². The predicted molar refractivity (Wildman–Crippen MR) is 120 cm³/mol. The molecule has 0 N–H and O–H groups in total. The number of carbonyl (C=O) groups excluding carboxylic acids is 1. The minimum absolute atomic E-state index is 0.103. The maximum atomic E-state index is 13.3. The lowest BCUT2D eigenvalue weighted by Crippen LogP contribution is -2.32. The van der Waals surface area contributed by atoms with Gasteiger partial charge in [-0.05, 0) is 42.2 Å². The topological polar surface area (TPSA) is 32.7 Å². The van der Waals surface area contributed by atoms with Gasteiger partial charge in [-0.2, -0.15) is 0 Å². The first-order chi connectivity index (χ1) is 14.3. The zero-order valence-corrected chi connectivity index (χ0v) is 16.6. The van der Waals surface area contributed by atoms with E-state index in [4.69, 9.17) is 4.99 Å². The number of aliphatic imine (C=N–C) groups is 1. The van der Waals surface area contributed by atoms with E-state index in [1.807, 2.05) is 78.9 Å². The maximum absolute atomic E-state index is 13.3. The SMILES string of the molecule is CCCCc1ccc(N2C(=O)/C(=C\c3ccccc3)N=C2c2ccccc2)cc1. The van der Waals surface area contributed by atoms with E-state index in [-0.39, 0.29) is 5.91 Å². The van der Waals surface area contributed by atoms with E-state index in [0.29, 0.717) is 11.5 Å². The highest BCUT2D eigenvalue weighted by Crippen LogP contribution is 2.28. The van der Waals surface area contributed by atoms with Gasteiger partial charge in [-0.15, -0.1) is 0 Å². The number of carbonyl (C=O) groups is 1. The molecule has 0 aliphatic carbocycles. The molecule has 3 aromatic rings. The first kappa shape index (κ1) is 18.9. The third-order valence-corrected chi connectivity index (χ3v) is 5.01. The average Bonchev–Trinajstić information content (AvgIpc) is 3.10. The van der Waals surface area contributed by atoms with Crippen LogP contribution in [0, 0.1) is 0 Å². The lowest BCUT2D eigenvalue weighted by molar-refractivity contribution is -0.113. The van der Waals surface area contributed by atoms with Crippen molar-refractivity contribution in [2.24, 2.45) is 4.99 Å². The summed E-state index contributed by atoms with van der Waals surface area (Å²) in [6.45, 7) is 2.19. The zero-order chi connectivity index (χ0) is 20.1. The normalized spacial score (nSPS) is 15.1. The fraction of sp³-hybridized carbons (Fsp3) is 0.154. The minimum Gasteiger partial charge on any atom is -0.266 e. The number of anilines is 1. The molecular weight excluding hydrogens is 356 g/mol. The van der Waals surface area contributed by atoms with Gasteiger partial charge >= 0.3 is 0 Å². The highest BCUT2D eigenvalue weighted by Gasteiger charge is 2.32. The molecule has 0 bridgehead atoms. The summed E-state index contributed by atoms with van der Waals surface area (Å²) in [5.74, 6) is 0.563. The van der Waals surface area contributed by atoms with Gasteiger partial charge in [0, 0.05) is 5.56 Å².